The van der Waals surface area contributed by atoms with Crippen molar-refractivity contribution >= 4 is 17.9 Å². The van der Waals surface area contributed by atoms with Gasteiger partial charge in [-0.1, -0.05) is 345 Å². The molecule has 0 aliphatic rings. The number of ether oxygens (including phenoxy) is 3. The maximum atomic E-state index is 13.0. The van der Waals surface area contributed by atoms with Crippen molar-refractivity contribution in [3.05, 3.63) is 60.8 Å². The summed E-state index contributed by atoms with van der Waals surface area (Å²) < 4.78 is 17.0. The third-order valence-corrected chi connectivity index (χ3v) is 16.2. The molecular formula is C76H138O6. The molecule has 478 valence electrons. The molecule has 0 aromatic carbocycles. The molecule has 0 radical (unpaired) electrons. The quantitative estimate of drug-likeness (QED) is 0.0261. The number of carbonyl (C=O) groups excluding carboxylic acids is 3. The second-order valence-corrected chi connectivity index (χ2v) is 24.5. The number of esters is 3. The Morgan fingerprint density at radius 1 is 0.244 bits per heavy atom. The lowest BCUT2D eigenvalue weighted by Gasteiger charge is -2.18. The summed E-state index contributed by atoms with van der Waals surface area (Å²) in [4.78, 5) is 38.4. The molecule has 0 bridgehead atoms. The molecule has 6 nitrogen and oxygen atoms in total. The normalized spacial score (nSPS) is 12.4. The molecule has 0 aliphatic heterocycles. The van der Waals surface area contributed by atoms with Crippen molar-refractivity contribution in [2.24, 2.45) is 0 Å². The fraction of sp³-hybridized carbons (Fsp3) is 0.829. The predicted octanol–water partition coefficient (Wildman–Crippen LogP) is 25.1. The molecule has 0 N–H and O–H groups in total. The standard InChI is InChI=1S/C76H138O6/c1-4-7-10-13-16-19-22-25-27-29-31-33-35-36-37-38-39-40-41-43-44-46-48-51-54-57-60-63-66-69-75(78)81-72-73(71-80-74(77)68-65-62-59-56-53-50-24-21-18-15-12-9-6-3)82-76(79)70-67-64-61-58-55-52-49-47-45-42-34-32-30-28-26-23-20-17-14-11-8-5-2/h12,15,21-22,24-25,29,31,35-36,73H,4-11,13-14,16-20,23,26-28,30,32-34,37-72H2,1-3H3/b15-12-,24-21-,25-22-,31-29-,36-35-. The van der Waals surface area contributed by atoms with Gasteiger partial charge in [-0.2, -0.15) is 0 Å². The third-order valence-electron chi connectivity index (χ3n) is 16.2. The van der Waals surface area contributed by atoms with Gasteiger partial charge in [-0.25, -0.2) is 0 Å². The van der Waals surface area contributed by atoms with E-state index in [1.165, 1.54) is 250 Å². The first-order valence-electron chi connectivity index (χ1n) is 36.3. The van der Waals surface area contributed by atoms with Gasteiger partial charge in [0.2, 0.25) is 0 Å². The molecule has 0 heterocycles. The molecule has 1 unspecified atom stereocenters. The molecule has 0 saturated heterocycles. The van der Waals surface area contributed by atoms with Crippen LogP contribution in [0.4, 0.5) is 0 Å². The topological polar surface area (TPSA) is 78.9 Å². The molecule has 0 aliphatic carbocycles. The van der Waals surface area contributed by atoms with Gasteiger partial charge in [-0.05, 0) is 83.5 Å². The molecular weight excluding hydrogens is 1010 g/mol. The Morgan fingerprint density at radius 2 is 0.463 bits per heavy atom. The van der Waals surface area contributed by atoms with Crippen LogP contribution in [0.2, 0.25) is 0 Å². The van der Waals surface area contributed by atoms with Crippen molar-refractivity contribution in [1.82, 2.24) is 0 Å². The van der Waals surface area contributed by atoms with Crippen LogP contribution in [0, 0.1) is 0 Å². The SMILES string of the molecule is CCC/C=C\C/C=C\CCCCCCCC(=O)OCC(COC(=O)CCCCCCCCCCCCCCCC/C=C\C/C=C\C/C=C\CCCCCCC)OC(=O)CCCCCCCCCCCCCCCCCCCCCCCC. The van der Waals surface area contributed by atoms with Crippen molar-refractivity contribution in [1.29, 1.82) is 0 Å². The lowest BCUT2D eigenvalue weighted by Crippen LogP contribution is -2.30. The average molecular weight is 1150 g/mol. The minimum Gasteiger partial charge on any atom is -0.462 e. The van der Waals surface area contributed by atoms with Gasteiger partial charge in [0.25, 0.3) is 0 Å². The third kappa shape index (κ3) is 67.9. The molecule has 1 atom stereocenters. The Balaban J connectivity index is 4.22. The number of allylic oxidation sites excluding steroid dienone is 10. The first-order valence-corrected chi connectivity index (χ1v) is 36.3. The maximum absolute atomic E-state index is 13.0. The van der Waals surface area contributed by atoms with Gasteiger partial charge in [0.05, 0.1) is 0 Å². The molecule has 82 heavy (non-hydrogen) atoms. The van der Waals surface area contributed by atoms with Gasteiger partial charge in [-0.15, -0.1) is 0 Å². The summed E-state index contributed by atoms with van der Waals surface area (Å²) in [5, 5.41) is 0. The summed E-state index contributed by atoms with van der Waals surface area (Å²) in [5.41, 5.74) is 0. The van der Waals surface area contributed by atoms with Crippen LogP contribution in [0.15, 0.2) is 60.8 Å². The van der Waals surface area contributed by atoms with Crippen LogP contribution < -0.4 is 0 Å². The summed E-state index contributed by atoms with van der Waals surface area (Å²) in [6.45, 7) is 6.62. The van der Waals surface area contributed by atoms with E-state index in [9.17, 15) is 14.4 Å². The summed E-state index contributed by atoms with van der Waals surface area (Å²) in [5.74, 6) is -0.865. The Morgan fingerprint density at radius 3 is 0.732 bits per heavy atom. The first-order chi connectivity index (χ1) is 40.5. The van der Waals surface area contributed by atoms with Crippen molar-refractivity contribution in [3.63, 3.8) is 0 Å². The van der Waals surface area contributed by atoms with Crippen LogP contribution in [-0.4, -0.2) is 37.2 Å². The number of hydrogen-bond acceptors (Lipinski definition) is 6. The second kappa shape index (κ2) is 70.6. The minimum absolute atomic E-state index is 0.0748. The van der Waals surface area contributed by atoms with E-state index < -0.39 is 6.10 Å². The highest BCUT2D eigenvalue weighted by atomic mass is 16.6. The van der Waals surface area contributed by atoms with E-state index in [0.29, 0.717) is 19.3 Å². The molecule has 6 heteroatoms. The number of rotatable bonds is 67. The van der Waals surface area contributed by atoms with E-state index in [0.717, 1.165) is 96.3 Å². The number of unbranched alkanes of at least 4 members (excludes halogenated alkanes) is 46. The lowest BCUT2D eigenvalue weighted by atomic mass is 10.0. The van der Waals surface area contributed by atoms with Crippen molar-refractivity contribution in [2.75, 3.05) is 13.2 Å². The maximum Gasteiger partial charge on any atom is 0.306 e. The van der Waals surface area contributed by atoms with Crippen LogP contribution in [0.3, 0.4) is 0 Å². The van der Waals surface area contributed by atoms with Crippen molar-refractivity contribution in [3.8, 4) is 0 Å². The Labute approximate surface area is 510 Å². The fourth-order valence-electron chi connectivity index (χ4n) is 10.8. The van der Waals surface area contributed by atoms with Gasteiger partial charge in [0.15, 0.2) is 6.10 Å². The fourth-order valence-corrected chi connectivity index (χ4v) is 10.8. The van der Waals surface area contributed by atoms with Gasteiger partial charge >= 0.3 is 17.9 Å². The van der Waals surface area contributed by atoms with E-state index in [-0.39, 0.29) is 31.1 Å². The second-order valence-electron chi connectivity index (χ2n) is 24.5. The smallest absolute Gasteiger partial charge is 0.306 e. The summed E-state index contributed by atoms with van der Waals surface area (Å²) in [7, 11) is 0. The Hall–Kier alpha value is -2.89. The van der Waals surface area contributed by atoms with E-state index in [2.05, 4.69) is 81.5 Å². The highest BCUT2D eigenvalue weighted by Gasteiger charge is 2.19. The van der Waals surface area contributed by atoms with Crippen LogP contribution in [0.25, 0.3) is 0 Å². The number of carbonyl (C=O) groups is 3. The van der Waals surface area contributed by atoms with Gasteiger partial charge < -0.3 is 14.2 Å². The molecule has 0 saturated carbocycles. The molecule has 0 rings (SSSR count). The van der Waals surface area contributed by atoms with Crippen LogP contribution >= 0.6 is 0 Å². The van der Waals surface area contributed by atoms with Gasteiger partial charge in [0.1, 0.15) is 13.2 Å². The molecule has 0 spiro atoms. The first kappa shape index (κ1) is 79.1. The zero-order valence-electron chi connectivity index (χ0n) is 55.0. The largest absolute Gasteiger partial charge is 0.462 e. The highest BCUT2D eigenvalue weighted by Crippen LogP contribution is 2.18. The van der Waals surface area contributed by atoms with Gasteiger partial charge in [0, 0.05) is 19.3 Å². The predicted molar refractivity (Wildman–Crippen MR) is 358 cm³/mol. The Bertz CT molecular complexity index is 1460. The Kier molecular flexibility index (Phi) is 68.1. The van der Waals surface area contributed by atoms with E-state index in [1.54, 1.807) is 0 Å². The molecule has 0 fully saturated rings. The van der Waals surface area contributed by atoms with Crippen LogP contribution in [0.5, 0.6) is 0 Å². The van der Waals surface area contributed by atoms with Crippen molar-refractivity contribution in [2.45, 2.75) is 393 Å². The summed E-state index contributed by atoms with van der Waals surface area (Å²) in [6, 6.07) is 0. The van der Waals surface area contributed by atoms with E-state index in [4.69, 9.17) is 14.2 Å². The van der Waals surface area contributed by atoms with Crippen LogP contribution in [-0.2, 0) is 28.6 Å². The minimum atomic E-state index is -0.779. The van der Waals surface area contributed by atoms with Crippen molar-refractivity contribution < 1.29 is 28.6 Å². The molecule has 0 amide bonds. The molecule has 0 aromatic heterocycles. The molecule has 0 aromatic rings. The van der Waals surface area contributed by atoms with E-state index >= 15 is 0 Å². The summed E-state index contributed by atoms with van der Waals surface area (Å²) in [6.07, 6.45) is 91.2. The summed E-state index contributed by atoms with van der Waals surface area (Å²) >= 11 is 0. The van der Waals surface area contributed by atoms with Crippen LogP contribution in [0.1, 0.15) is 387 Å². The average Bonchev–Trinajstić information content (AvgIpc) is 3.48. The highest BCUT2D eigenvalue weighted by molar-refractivity contribution is 5.71. The zero-order valence-corrected chi connectivity index (χ0v) is 55.0. The number of hydrogen-bond donors (Lipinski definition) is 0. The monoisotopic (exact) mass is 1150 g/mol. The van der Waals surface area contributed by atoms with E-state index in [1.807, 2.05) is 0 Å². The zero-order chi connectivity index (χ0) is 59.2. The van der Waals surface area contributed by atoms with Gasteiger partial charge in [-0.3, -0.25) is 14.4 Å². The lowest BCUT2D eigenvalue weighted by molar-refractivity contribution is -0.167.